The van der Waals surface area contributed by atoms with Crippen molar-refractivity contribution in [1.82, 2.24) is 10.6 Å². The molecule has 0 amide bonds. The van der Waals surface area contributed by atoms with Gasteiger partial charge >= 0.3 is 0 Å². The molecule has 0 bridgehead atoms. The van der Waals surface area contributed by atoms with Gasteiger partial charge in [0, 0.05) is 37.5 Å². The average molecular weight is 325 g/mol. The Kier molecular flexibility index (Phi) is 7.70. The lowest BCUT2D eigenvalue weighted by Gasteiger charge is -2.15. The average Bonchev–Trinajstić information content (AvgIpc) is 3.22. The van der Waals surface area contributed by atoms with Crippen LogP contribution < -0.4 is 10.6 Å². The minimum absolute atomic E-state index is 0.295. The molecule has 2 heterocycles. The van der Waals surface area contributed by atoms with Crippen molar-refractivity contribution in [3.8, 4) is 0 Å². The highest BCUT2D eigenvalue weighted by atomic mass is 32.1. The first-order chi connectivity index (χ1) is 10.8. The van der Waals surface area contributed by atoms with Crippen LogP contribution in [0.25, 0.3) is 0 Å². The monoisotopic (exact) mass is 325 g/mol. The smallest absolute Gasteiger partial charge is 0.191 e. The van der Waals surface area contributed by atoms with Crippen molar-refractivity contribution in [2.24, 2.45) is 4.99 Å². The van der Waals surface area contributed by atoms with Gasteiger partial charge < -0.3 is 20.1 Å². The Hall–Kier alpha value is -1.11. The highest BCUT2D eigenvalue weighted by Crippen LogP contribution is 2.19. The molecule has 0 aliphatic carbocycles. The van der Waals surface area contributed by atoms with Crippen LogP contribution in [0.1, 0.15) is 30.6 Å². The maximum atomic E-state index is 5.63. The van der Waals surface area contributed by atoms with Gasteiger partial charge in [-0.25, -0.2) is 0 Å². The number of nitrogens with zero attached hydrogens (tertiary/aromatic N) is 1. The topological polar surface area (TPSA) is 54.9 Å². The van der Waals surface area contributed by atoms with Gasteiger partial charge in [-0.05, 0) is 24.3 Å². The van der Waals surface area contributed by atoms with Gasteiger partial charge in [-0.1, -0.05) is 13.0 Å². The molecular weight excluding hydrogens is 298 g/mol. The second-order valence-electron chi connectivity index (χ2n) is 5.51. The van der Waals surface area contributed by atoms with Crippen LogP contribution in [0.2, 0.25) is 0 Å². The molecule has 124 valence electrons. The predicted molar refractivity (Wildman–Crippen MR) is 91.9 cm³/mol. The van der Waals surface area contributed by atoms with Crippen molar-refractivity contribution < 1.29 is 9.47 Å². The zero-order valence-corrected chi connectivity index (χ0v) is 14.3. The highest BCUT2D eigenvalue weighted by molar-refractivity contribution is 7.10. The summed E-state index contributed by atoms with van der Waals surface area (Å²) in [4.78, 5) is 5.63. The molecule has 1 aromatic rings. The van der Waals surface area contributed by atoms with E-state index in [9.17, 15) is 0 Å². The van der Waals surface area contributed by atoms with E-state index in [4.69, 9.17) is 9.47 Å². The van der Waals surface area contributed by atoms with E-state index in [0.29, 0.717) is 25.2 Å². The van der Waals surface area contributed by atoms with Crippen molar-refractivity contribution in [1.29, 1.82) is 0 Å². The summed E-state index contributed by atoms with van der Waals surface area (Å²) in [7, 11) is 1.79. The Labute approximate surface area is 137 Å². The lowest BCUT2D eigenvalue weighted by atomic mass is 10.1. The summed E-state index contributed by atoms with van der Waals surface area (Å²) in [5.41, 5.74) is 0. The Morgan fingerprint density at radius 1 is 1.55 bits per heavy atom. The molecule has 1 aliphatic rings. The molecule has 0 aromatic carbocycles. The van der Waals surface area contributed by atoms with E-state index in [0.717, 1.165) is 38.5 Å². The summed E-state index contributed by atoms with van der Waals surface area (Å²) < 4.78 is 11.1. The number of hydrogen-bond acceptors (Lipinski definition) is 4. The number of guanidine groups is 1. The van der Waals surface area contributed by atoms with Crippen LogP contribution in [-0.4, -0.2) is 52.0 Å². The van der Waals surface area contributed by atoms with Gasteiger partial charge in [0.25, 0.3) is 0 Å². The molecule has 1 saturated heterocycles. The van der Waals surface area contributed by atoms with Crippen LogP contribution in [0.3, 0.4) is 0 Å². The summed E-state index contributed by atoms with van der Waals surface area (Å²) >= 11 is 1.79. The van der Waals surface area contributed by atoms with Crippen LogP contribution in [0.15, 0.2) is 22.5 Å². The van der Waals surface area contributed by atoms with E-state index >= 15 is 0 Å². The fourth-order valence-corrected chi connectivity index (χ4v) is 3.16. The number of thiophene rings is 1. The van der Waals surface area contributed by atoms with E-state index < -0.39 is 0 Å². The van der Waals surface area contributed by atoms with Gasteiger partial charge in [0.1, 0.15) is 0 Å². The summed E-state index contributed by atoms with van der Waals surface area (Å²) in [5.74, 6) is 1.30. The van der Waals surface area contributed by atoms with E-state index in [-0.39, 0.29) is 0 Å². The molecule has 2 N–H and O–H groups in total. The number of ether oxygens (including phenoxy) is 2. The predicted octanol–water partition coefficient (Wildman–Crippen LogP) is 2.21. The van der Waals surface area contributed by atoms with Crippen LogP contribution in [0.4, 0.5) is 0 Å². The fraction of sp³-hybridized carbons (Fsp3) is 0.688. The number of nitrogens with one attached hydrogen (secondary N) is 2. The fourth-order valence-electron chi connectivity index (χ4n) is 2.37. The molecule has 0 spiro atoms. The second-order valence-corrected chi connectivity index (χ2v) is 6.49. The molecule has 2 atom stereocenters. The molecule has 22 heavy (non-hydrogen) atoms. The molecule has 2 rings (SSSR count). The Balaban J connectivity index is 1.55. The molecule has 1 aromatic heterocycles. The normalized spacial score (nSPS) is 20.1. The first kappa shape index (κ1) is 17.2. The summed E-state index contributed by atoms with van der Waals surface area (Å²) in [6.45, 7) is 6.09. The summed E-state index contributed by atoms with van der Waals surface area (Å²) in [6.07, 6.45) is 2.58. The molecule has 1 aliphatic heterocycles. The third-order valence-electron chi connectivity index (χ3n) is 3.69. The zero-order chi connectivity index (χ0) is 15.6. The quantitative estimate of drug-likeness (QED) is 0.437. The molecule has 0 saturated carbocycles. The van der Waals surface area contributed by atoms with Crippen LogP contribution in [-0.2, 0) is 9.47 Å². The van der Waals surface area contributed by atoms with Crippen molar-refractivity contribution >= 4 is 17.3 Å². The first-order valence-electron chi connectivity index (χ1n) is 7.97. The molecule has 0 radical (unpaired) electrons. The van der Waals surface area contributed by atoms with E-state index in [1.807, 2.05) is 0 Å². The zero-order valence-electron chi connectivity index (χ0n) is 13.5. The van der Waals surface area contributed by atoms with Crippen LogP contribution >= 0.6 is 11.3 Å². The van der Waals surface area contributed by atoms with Crippen LogP contribution in [0.5, 0.6) is 0 Å². The minimum Gasteiger partial charge on any atom is -0.377 e. The van der Waals surface area contributed by atoms with E-state index in [1.54, 1.807) is 18.4 Å². The maximum Gasteiger partial charge on any atom is 0.191 e. The standard InChI is InChI=1S/C16H27N3O2S/c1-13(15-6-4-10-22-15)11-19-16(17-2)18-7-9-20-12-14-5-3-8-21-14/h4,6,10,13-14H,3,5,7-9,11-12H2,1-2H3,(H2,17,18,19). The molecular formula is C16H27N3O2S. The van der Waals surface area contributed by atoms with Crippen molar-refractivity contribution in [2.45, 2.75) is 31.8 Å². The summed E-state index contributed by atoms with van der Waals surface area (Å²) in [5, 5.41) is 8.74. The number of aliphatic imine (C=N–C) groups is 1. The van der Waals surface area contributed by atoms with Gasteiger partial charge in [-0.2, -0.15) is 0 Å². The molecule has 5 nitrogen and oxygen atoms in total. The van der Waals surface area contributed by atoms with Gasteiger partial charge in [-0.3, -0.25) is 4.99 Å². The Morgan fingerprint density at radius 3 is 3.14 bits per heavy atom. The van der Waals surface area contributed by atoms with E-state index in [1.165, 1.54) is 4.88 Å². The molecule has 2 unspecified atom stereocenters. The van der Waals surface area contributed by atoms with Crippen molar-refractivity contribution in [3.05, 3.63) is 22.4 Å². The first-order valence-corrected chi connectivity index (χ1v) is 8.85. The number of rotatable bonds is 8. The third kappa shape index (κ3) is 5.94. The molecule has 1 fully saturated rings. The summed E-state index contributed by atoms with van der Waals surface area (Å²) in [6, 6.07) is 4.26. The van der Waals surface area contributed by atoms with Crippen molar-refractivity contribution in [3.63, 3.8) is 0 Å². The minimum atomic E-state index is 0.295. The van der Waals surface area contributed by atoms with Crippen molar-refractivity contribution in [2.75, 3.05) is 40.0 Å². The SMILES string of the molecule is CN=C(NCCOCC1CCCO1)NCC(C)c1cccs1. The highest BCUT2D eigenvalue weighted by Gasteiger charge is 2.15. The lowest BCUT2D eigenvalue weighted by Crippen LogP contribution is -2.40. The lowest BCUT2D eigenvalue weighted by molar-refractivity contribution is 0.0191. The maximum absolute atomic E-state index is 5.63. The van der Waals surface area contributed by atoms with Gasteiger partial charge in [0.2, 0.25) is 0 Å². The molecule has 6 heteroatoms. The van der Waals surface area contributed by atoms with Gasteiger partial charge in [-0.15, -0.1) is 11.3 Å². The Morgan fingerprint density at radius 2 is 2.45 bits per heavy atom. The third-order valence-corrected chi connectivity index (χ3v) is 4.80. The Bertz CT molecular complexity index is 431. The van der Waals surface area contributed by atoms with Gasteiger partial charge in [0.15, 0.2) is 5.96 Å². The van der Waals surface area contributed by atoms with Crippen LogP contribution in [0, 0.1) is 0 Å². The number of hydrogen-bond donors (Lipinski definition) is 2. The van der Waals surface area contributed by atoms with Gasteiger partial charge in [0.05, 0.1) is 19.3 Å². The van der Waals surface area contributed by atoms with E-state index in [2.05, 4.69) is 40.1 Å². The largest absolute Gasteiger partial charge is 0.377 e. The second kappa shape index (κ2) is 9.82.